The third kappa shape index (κ3) is 2.34. The molecule has 3 heterocycles. The fourth-order valence-corrected chi connectivity index (χ4v) is 2.60. The lowest BCUT2D eigenvalue weighted by Gasteiger charge is -2.11. The zero-order valence-electron chi connectivity index (χ0n) is 11.1. The number of likely N-dealkylation sites (tertiary alicyclic amines) is 1. The number of aryl methyl sites for hydroxylation is 2. The van der Waals surface area contributed by atoms with Crippen molar-refractivity contribution in [1.29, 1.82) is 0 Å². The van der Waals surface area contributed by atoms with E-state index >= 15 is 0 Å². The molecule has 1 aliphatic heterocycles. The Balaban J connectivity index is 1.84. The molecule has 2 N–H and O–H groups in total. The van der Waals surface area contributed by atoms with E-state index < -0.39 is 12.2 Å². The van der Waals surface area contributed by atoms with Crippen molar-refractivity contribution in [3.05, 3.63) is 29.3 Å². The van der Waals surface area contributed by atoms with Crippen molar-refractivity contribution in [3.8, 4) is 0 Å². The number of fused-ring (bicyclic) bond motifs is 1. The topological polar surface area (TPSA) is 73.9 Å². The van der Waals surface area contributed by atoms with Crippen LogP contribution in [0.5, 0.6) is 0 Å². The lowest BCUT2D eigenvalue weighted by atomic mass is 10.3. The molecule has 0 aromatic carbocycles. The van der Waals surface area contributed by atoms with E-state index in [-0.39, 0.29) is 0 Å². The molecule has 0 saturated carbocycles. The highest BCUT2D eigenvalue weighted by Crippen LogP contribution is 2.15. The van der Waals surface area contributed by atoms with Crippen LogP contribution in [0.2, 0.25) is 0 Å². The van der Waals surface area contributed by atoms with Crippen LogP contribution in [0.4, 0.5) is 0 Å². The van der Waals surface area contributed by atoms with Crippen LogP contribution >= 0.6 is 0 Å². The second-order valence-electron chi connectivity index (χ2n) is 5.27. The van der Waals surface area contributed by atoms with Crippen molar-refractivity contribution in [2.24, 2.45) is 0 Å². The maximum atomic E-state index is 9.54. The molecule has 2 atom stereocenters. The Labute approximate surface area is 111 Å². The summed E-state index contributed by atoms with van der Waals surface area (Å²) < 4.78 is 1.96. The van der Waals surface area contributed by atoms with Gasteiger partial charge in [-0.15, -0.1) is 0 Å². The van der Waals surface area contributed by atoms with Gasteiger partial charge in [-0.25, -0.2) is 9.97 Å². The first kappa shape index (κ1) is 12.5. The van der Waals surface area contributed by atoms with E-state index in [2.05, 4.69) is 9.97 Å². The average molecular weight is 262 g/mol. The lowest BCUT2D eigenvalue weighted by Crippen LogP contribution is -2.22. The molecule has 0 radical (unpaired) electrons. The summed E-state index contributed by atoms with van der Waals surface area (Å²) in [6, 6.07) is 2.02. The van der Waals surface area contributed by atoms with Gasteiger partial charge in [-0.1, -0.05) is 0 Å². The average Bonchev–Trinajstić information content (AvgIpc) is 2.83. The number of nitrogens with zero attached hydrogens (tertiary/aromatic N) is 4. The minimum atomic E-state index is -0.654. The van der Waals surface area contributed by atoms with Gasteiger partial charge in [0.05, 0.1) is 17.9 Å². The van der Waals surface area contributed by atoms with Gasteiger partial charge in [-0.05, 0) is 19.9 Å². The van der Waals surface area contributed by atoms with Crippen LogP contribution in [-0.4, -0.2) is 54.8 Å². The second-order valence-corrected chi connectivity index (χ2v) is 5.27. The molecule has 1 aliphatic rings. The quantitative estimate of drug-likeness (QED) is 0.789. The molecule has 0 amide bonds. The van der Waals surface area contributed by atoms with Gasteiger partial charge in [0.2, 0.25) is 5.78 Å². The van der Waals surface area contributed by atoms with Crippen molar-refractivity contribution in [2.45, 2.75) is 32.6 Å². The third-order valence-corrected chi connectivity index (χ3v) is 3.53. The number of aliphatic hydroxyl groups excluding tert-OH is 2. The summed E-state index contributed by atoms with van der Waals surface area (Å²) >= 11 is 0. The molecular formula is C13H18N4O2. The van der Waals surface area contributed by atoms with Crippen LogP contribution in [0.15, 0.2) is 12.3 Å². The lowest BCUT2D eigenvalue weighted by molar-refractivity contribution is 0.0572. The molecule has 3 rings (SSSR count). The number of β-amino-alcohol motifs (C(OH)–C–C–N with tert-alkyl or cyclic N) is 2. The fourth-order valence-electron chi connectivity index (χ4n) is 2.60. The van der Waals surface area contributed by atoms with Crippen molar-refractivity contribution >= 4 is 5.78 Å². The molecule has 0 bridgehead atoms. The number of imidazole rings is 1. The predicted molar refractivity (Wildman–Crippen MR) is 69.8 cm³/mol. The molecule has 0 aliphatic carbocycles. The second kappa shape index (κ2) is 4.56. The summed E-state index contributed by atoms with van der Waals surface area (Å²) in [7, 11) is 0. The van der Waals surface area contributed by atoms with Crippen LogP contribution in [0, 0.1) is 13.8 Å². The van der Waals surface area contributed by atoms with Gasteiger partial charge in [0, 0.05) is 37.2 Å². The monoisotopic (exact) mass is 262 g/mol. The summed E-state index contributed by atoms with van der Waals surface area (Å²) in [6.45, 7) is 5.57. The largest absolute Gasteiger partial charge is 0.389 e. The minimum Gasteiger partial charge on any atom is -0.389 e. The van der Waals surface area contributed by atoms with Crippen LogP contribution in [0.1, 0.15) is 17.1 Å². The van der Waals surface area contributed by atoms with E-state index in [4.69, 9.17) is 0 Å². The van der Waals surface area contributed by atoms with Crippen molar-refractivity contribution in [3.63, 3.8) is 0 Å². The van der Waals surface area contributed by atoms with Gasteiger partial charge in [0.25, 0.3) is 0 Å². The van der Waals surface area contributed by atoms with E-state index in [0.717, 1.165) is 17.1 Å². The Morgan fingerprint density at radius 2 is 1.89 bits per heavy atom. The van der Waals surface area contributed by atoms with Gasteiger partial charge in [0.1, 0.15) is 0 Å². The zero-order valence-corrected chi connectivity index (χ0v) is 11.1. The normalized spacial score (nSPS) is 24.4. The van der Waals surface area contributed by atoms with E-state index in [1.54, 1.807) is 0 Å². The Morgan fingerprint density at radius 3 is 2.58 bits per heavy atom. The summed E-state index contributed by atoms with van der Waals surface area (Å²) in [6.07, 6.45) is 0.659. The van der Waals surface area contributed by atoms with Gasteiger partial charge in [-0.3, -0.25) is 9.30 Å². The standard InChI is InChI=1S/C13H18N4O2/c1-8-3-9(2)17-5-10(15-13(17)14-8)4-16-6-11(18)12(19)7-16/h3,5,11-12,18-19H,4,6-7H2,1-2H3/t11-,12+. The number of rotatable bonds is 2. The number of aliphatic hydroxyl groups is 2. The molecular weight excluding hydrogens is 244 g/mol. The third-order valence-electron chi connectivity index (χ3n) is 3.53. The molecule has 6 nitrogen and oxygen atoms in total. The van der Waals surface area contributed by atoms with Gasteiger partial charge < -0.3 is 10.2 Å². The van der Waals surface area contributed by atoms with Gasteiger partial charge in [0.15, 0.2) is 0 Å². The maximum Gasteiger partial charge on any atom is 0.234 e. The summed E-state index contributed by atoms with van der Waals surface area (Å²) in [5.41, 5.74) is 2.96. The first-order valence-electron chi connectivity index (χ1n) is 6.43. The zero-order chi connectivity index (χ0) is 13.6. The summed E-state index contributed by atoms with van der Waals surface area (Å²) in [4.78, 5) is 10.9. The first-order chi connectivity index (χ1) is 9.02. The van der Waals surface area contributed by atoms with Crippen LogP contribution in [0.25, 0.3) is 5.78 Å². The highest BCUT2D eigenvalue weighted by Gasteiger charge is 2.29. The minimum absolute atomic E-state index is 0.487. The van der Waals surface area contributed by atoms with Crippen LogP contribution in [0.3, 0.4) is 0 Å². The van der Waals surface area contributed by atoms with Gasteiger partial charge in [-0.2, -0.15) is 0 Å². The highest BCUT2D eigenvalue weighted by atomic mass is 16.3. The van der Waals surface area contributed by atoms with Crippen LogP contribution in [-0.2, 0) is 6.54 Å². The van der Waals surface area contributed by atoms with Gasteiger partial charge >= 0.3 is 0 Å². The Morgan fingerprint density at radius 1 is 1.21 bits per heavy atom. The number of hydrogen-bond acceptors (Lipinski definition) is 5. The summed E-state index contributed by atoms with van der Waals surface area (Å²) in [5.74, 6) is 0.702. The molecule has 0 spiro atoms. The SMILES string of the molecule is Cc1cc(C)n2cc(CN3C[C@@H](O)[C@@H](O)C3)nc2n1. The highest BCUT2D eigenvalue weighted by molar-refractivity contribution is 5.34. The van der Waals surface area contributed by atoms with Crippen molar-refractivity contribution in [1.82, 2.24) is 19.3 Å². The number of hydrogen-bond donors (Lipinski definition) is 2. The van der Waals surface area contributed by atoms with Crippen LogP contribution < -0.4 is 0 Å². The van der Waals surface area contributed by atoms with Crippen molar-refractivity contribution < 1.29 is 10.2 Å². The van der Waals surface area contributed by atoms with E-state index in [1.807, 2.05) is 35.4 Å². The molecule has 2 aromatic rings. The smallest absolute Gasteiger partial charge is 0.234 e. The first-order valence-corrected chi connectivity index (χ1v) is 6.43. The fraction of sp³-hybridized carbons (Fsp3) is 0.538. The molecule has 1 saturated heterocycles. The van der Waals surface area contributed by atoms with E-state index in [0.29, 0.717) is 25.4 Å². The van der Waals surface area contributed by atoms with Crippen molar-refractivity contribution in [2.75, 3.05) is 13.1 Å². The molecule has 102 valence electrons. The summed E-state index contributed by atoms with van der Waals surface area (Å²) in [5, 5.41) is 19.1. The molecule has 0 unspecified atom stereocenters. The maximum absolute atomic E-state index is 9.54. The number of aromatic nitrogens is 3. The molecule has 19 heavy (non-hydrogen) atoms. The molecule has 6 heteroatoms. The Hall–Kier alpha value is -1.50. The molecule has 1 fully saturated rings. The van der Waals surface area contributed by atoms with E-state index in [9.17, 15) is 10.2 Å². The predicted octanol–water partition coefficient (Wildman–Crippen LogP) is -0.116. The van der Waals surface area contributed by atoms with E-state index in [1.165, 1.54) is 0 Å². The Bertz CT molecular complexity index is 600. The Kier molecular flexibility index (Phi) is 3.00. The molecule has 2 aromatic heterocycles.